The minimum Gasteiger partial charge on any atom is -0.462 e. The van der Waals surface area contributed by atoms with Gasteiger partial charge in [-0.25, -0.2) is 13.6 Å². The molecule has 6 nitrogen and oxygen atoms in total. The molecule has 5 rings (SSSR count). The maximum atomic E-state index is 14.4. The van der Waals surface area contributed by atoms with Crippen molar-refractivity contribution in [2.24, 2.45) is 5.41 Å². The molecule has 8 heteroatoms. The summed E-state index contributed by atoms with van der Waals surface area (Å²) < 4.78 is 33.4. The molecule has 0 saturated carbocycles. The Morgan fingerprint density at radius 1 is 0.951 bits per heavy atom. The van der Waals surface area contributed by atoms with E-state index in [4.69, 9.17) is 4.74 Å². The molecule has 0 bridgehead atoms. The standard InChI is InChI=1S/C33H33F2N3O3/c34-26-10-8-24(9-11-26)28-7-4-17-38(30-21-27(35)12-13-29(28)30)31(39)22-37-18-14-33(23-36,15-19-37)16-20-41-32(40)25-5-2-1-3-6-25/h1-3,5-6,8-13,21,28H,4,7,14-20,22H2. The summed E-state index contributed by atoms with van der Waals surface area (Å²) in [5, 5.41) is 9.96. The smallest absolute Gasteiger partial charge is 0.338 e. The Bertz CT molecular complexity index is 1410. The molecule has 2 heterocycles. The van der Waals surface area contributed by atoms with E-state index in [-0.39, 0.29) is 30.8 Å². The number of rotatable bonds is 7. The molecule has 0 aromatic heterocycles. The Morgan fingerprint density at radius 3 is 2.37 bits per heavy atom. The van der Waals surface area contributed by atoms with Crippen LogP contribution in [0.5, 0.6) is 0 Å². The third kappa shape index (κ3) is 6.63. The average molecular weight is 558 g/mol. The molecule has 1 atom stereocenters. The van der Waals surface area contributed by atoms with E-state index in [1.165, 1.54) is 24.3 Å². The van der Waals surface area contributed by atoms with Crippen LogP contribution in [-0.2, 0) is 9.53 Å². The normalized spacial score (nSPS) is 18.6. The summed E-state index contributed by atoms with van der Waals surface area (Å²) in [5.74, 6) is -1.30. The van der Waals surface area contributed by atoms with Crippen LogP contribution in [0.25, 0.3) is 0 Å². The van der Waals surface area contributed by atoms with Crippen LogP contribution in [0.4, 0.5) is 14.5 Å². The van der Waals surface area contributed by atoms with E-state index in [1.807, 2.05) is 11.0 Å². The van der Waals surface area contributed by atoms with Gasteiger partial charge in [0.2, 0.25) is 5.91 Å². The van der Waals surface area contributed by atoms with Gasteiger partial charge in [0.15, 0.2) is 0 Å². The van der Waals surface area contributed by atoms with Gasteiger partial charge in [0.1, 0.15) is 11.6 Å². The van der Waals surface area contributed by atoms with Crippen LogP contribution in [-0.4, -0.2) is 49.6 Å². The van der Waals surface area contributed by atoms with E-state index in [1.54, 1.807) is 47.4 Å². The first-order valence-corrected chi connectivity index (χ1v) is 14.1. The number of nitriles is 1. The maximum Gasteiger partial charge on any atom is 0.338 e. The van der Waals surface area contributed by atoms with Crippen LogP contribution < -0.4 is 4.90 Å². The minimum atomic E-state index is -0.614. The lowest BCUT2D eigenvalue weighted by molar-refractivity contribution is -0.120. The second-order valence-corrected chi connectivity index (χ2v) is 10.9. The molecule has 2 aliphatic rings. The molecule has 1 amide bonds. The number of halogens is 2. The second kappa shape index (κ2) is 12.6. The van der Waals surface area contributed by atoms with E-state index in [2.05, 4.69) is 6.07 Å². The van der Waals surface area contributed by atoms with E-state index in [0.717, 1.165) is 24.0 Å². The highest BCUT2D eigenvalue weighted by atomic mass is 19.1. The lowest BCUT2D eigenvalue weighted by Crippen LogP contribution is -2.46. The number of esters is 1. The van der Waals surface area contributed by atoms with Gasteiger partial charge in [-0.1, -0.05) is 36.4 Å². The van der Waals surface area contributed by atoms with Crippen molar-refractivity contribution in [3.05, 3.63) is 101 Å². The van der Waals surface area contributed by atoms with Crippen LogP contribution in [0.15, 0.2) is 72.8 Å². The Morgan fingerprint density at radius 2 is 1.66 bits per heavy atom. The van der Waals surface area contributed by atoms with Crippen molar-refractivity contribution in [3.8, 4) is 6.07 Å². The van der Waals surface area contributed by atoms with E-state index < -0.39 is 17.2 Å². The summed E-state index contributed by atoms with van der Waals surface area (Å²) in [5.41, 5.74) is 2.22. The Labute approximate surface area is 239 Å². The van der Waals surface area contributed by atoms with Gasteiger partial charge in [0.05, 0.1) is 35.9 Å². The van der Waals surface area contributed by atoms with Gasteiger partial charge < -0.3 is 9.64 Å². The molecule has 1 unspecified atom stereocenters. The molecule has 0 spiro atoms. The SMILES string of the molecule is N#CC1(CCOC(=O)c2ccccc2)CCN(CC(=O)N2CCCC(c3ccc(F)cc3)c3ccc(F)cc32)CC1. The lowest BCUT2D eigenvalue weighted by Gasteiger charge is -2.37. The van der Waals surface area contributed by atoms with E-state index in [0.29, 0.717) is 50.1 Å². The summed E-state index contributed by atoms with van der Waals surface area (Å²) in [6, 6.07) is 22.1. The molecule has 0 aliphatic carbocycles. The Kier molecular flexibility index (Phi) is 8.75. The van der Waals surface area contributed by atoms with Gasteiger partial charge in [0.25, 0.3) is 0 Å². The number of carbonyl (C=O) groups is 2. The van der Waals surface area contributed by atoms with Crippen LogP contribution in [0.3, 0.4) is 0 Å². The van der Waals surface area contributed by atoms with Crippen molar-refractivity contribution in [1.29, 1.82) is 5.26 Å². The molecular weight excluding hydrogens is 524 g/mol. The zero-order chi connectivity index (χ0) is 28.8. The molecule has 41 heavy (non-hydrogen) atoms. The van der Waals surface area contributed by atoms with Gasteiger partial charge in [-0.3, -0.25) is 9.69 Å². The van der Waals surface area contributed by atoms with Gasteiger partial charge >= 0.3 is 5.97 Å². The number of ether oxygens (including phenoxy) is 1. The summed E-state index contributed by atoms with van der Waals surface area (Å²) in [4.78, 5) is 29.6. The fourth-order valence-corrected chi connectivity index (χ4v) is 5.91. The summed E-state index contributed by atoms with van der Waals surface area (Å²) in [6.45, 7) is 1.92. The summed E-state index contributed by atoms with van der Waals surface area (Å²) >= 11 is 0. The average Bonchev–Trinajstić information content (AvgIpc) is 3.18. The predicted octanol–water partition coefficient (Wildman–Crippen LogP) is 6.08. The van der Waals surface area contributed by atoms with E-state index in [9.17, 15) is 23.6 Å². The number of hydrogen-bond donors (Lipinski definition) is 0. The van der Waals surface area contributed by atoms with Gasteiger partial charge in [0, 0.05) is 32.0 Å². The Hall–Kier alpha value is -4.09. The first-order valence-electron chi connectivity index (χ1n) is 14.1. The highest BCUT2D eigenvalue weighted by Gasteiger charge is 2.36. The highest BCUT2D eigenvalue weighted by Crippen LogP contribution is 2.40. The fraction of sp³-hybridized carbons (Fsp3) is 0.364. The molecule has 0 radical (unpaired) electrons. The number of anilines is 1. The Balaban J connectivity index is 1.21. The number of amides is 1. The lowest BCUT2D eigenvalue weighted by atomic mass is 9.77. The number of nitrogens with zero attached hydrogens (tertiary/aromatic N) is 3. The number of piperidine rings is 1. The fourth-order valence-electron chi connectivity index (χ4n) is 5.91. The van der Waals surface area contributed by atoms with Gasteiger partial charge in [-0.05, 0) is 73.2 Å². The van der Waals surface area contributed by atoms with E-state index >= 15 is 0 Å². The van der Waals surface area contributed by atoms with Crippen LogP contribution in [0.1, 0.15) is 59.5 Å². The third-order valence-electron chi connectivity index (χ3n) is 8.34. The molecule has 0 N–H and O–H groups in total. The molecule has 1 saturated heterocycles. The zero-order valence-corrected chi connectivity index (χ0v) is 22.9. The third-order valence-corrected chi connectivity index (χ3v) is 8.34. The van der Waals surface area contributed by atoms with Crippen LogP contribution in [0, 0.1) is 28.4 Å². The van der Waals surface area contributed by atoms with Crippen molar-refractivity contribution < 1.29 is 23.1 Å². The molecule has 2 aliphatic heterocycles. The largest absolute Gasteiger partial charge is 0.462 e. The summed E-state index contributed by atoms with van der Waals surface area (Å²) in [6.07, 6.45) is 3.06. The molecule has 212 valence electrons. The molecular formula is C33H33F2N3O3. The zero-order valence-electron chi connectivity index (χ0n) is 22.9. The number of carbonyl (C=O) groups excluding carboxylic acids is 2. The van der Waals surface area contributed by atoms with Crippen molar-refractivity contribution >= 4 is 17.6 Å². The van der Waals surface area contributed by atoms with Crippen molar-refractivity contribution in [2.45, 2.75) is 38.0 Å². The van der Waals surface area contributed by atoms with Crippen molar-refractivity contribution in [1.82, 2.24) is 4.90 Å². The second-order valence-electron chi connectivity index (χ2n) is 10.9. The molecule has 3 aromatic rings. The number of hydrogen-bond acceptors (Lipinski definition) is 5. The number of likely N-dealkylation sites (tertiary alicyclic amines) is 1. The topological polar surface area (TPSA) is 73.6 Å². The predicted molar refractivity (Wildman–Crippen MR) is 151 cm³/mol. The number of benzene rings is 3. The van der Waals surface area contributed by atoms with Gasteiger partial charge in [-0.15, -0.1) is 0 Å². The number of fused-ring (bicyclic) bond motifs is 1. The quantitative estimate of drug-likeness (QED) is 0.330. The first-order chi connectivity index (χ1) is 19.9. The van der Waals surface area contributed by atoms with Crippen LogP contribution in [0.2, 0.25) is 0 Å². The van der Waals surface area contributed by atoms with Crippen molar-refractivity contribution in [3.63, 3.8) is 0 Å². The van der Waals surface area contributed by atoms with Crippen LogP contribution >= 0.6 is 0 Å². The highest BCUT2D eigenvalue weighted by molar-refractivity contribution is 5.96. The van der Waals surface area contributed by atoms with Gasteiger partial charge in [-0.2, -0.15) is 5.26 Å². The molecule has 3 aromatic carbocycles. The maximum absolute atomic E-state index is 14.4. The first kappa shape index (κ1) is 28.4. The minimum absolute atomic E-state index is 0.0637. The van der Waals surface area contributed by atoms with Crippen molar-refractivity contribution in [2.75, 3.05) is 37.7 Å². The molecule has 1 fully saturated rings. The monoisotopic (exact) mass is 557 g/mol. The summed E-state index contributed by atoms with van der Waals surface area (Å²) in [7, 11) is 0.